The van der Waals surface area contributed by atoms with E-state index in [1.165, 1.54) is 7.05 Å². The van der Waals surface area contributed by atoms with Gasteiger partial charge in [-0.3, -0.25) is 9.69 Å². The Morgan fingerprint density at radius 1 is 1.52 bits per heavy atom. The number of aromatic amines is 1. The first kappa shape index (κ1) is 17.8. The maximum atomic E-state index is 13.0. The van der Waals surface area contributed by atoms with Crippen LogP contribution in [0.3, 0.4) is 0 Å². The van der Waals surface area contributed by atoms with E-state index in [2.05, 4.69) is 32.8 Å². The molecule has 1 aliphatic heterocycles. The van der Waals surface area contributed by atoms with Crippen molar-refractivity contribution in [1.82, 2.24) is 19.8 Å². The number of hydrogen-bond acceptors (Lipinski definition) is 3. The molecule has 1 fully saturated rings. The Morgan fingerprint density at radius 3 is 2.65 bits per heavy atom. The highest BCUT2D eigenvalue weighted by molar-refractivity contribution is 9.10. The van der Waals surface area contributed by atoms with Crippen molar-refractivity contribution >= 4 is 27.9 Å². The van der Waals surface area contributed by atoms with Crippen LogP contribution in [0.4, 0.5) is 4.79 Å². The van der Waals surface area contributed by atoms with Crippen LogP contribution in [0.15, 0.2) is 10.8 Å². The van der Waals surface area contributed by atoms with Crippen LogP contribution in [0.2, 0.25) is 0 Å². The molecule has 8 heteroatoms. The van der Waals surface area contributed by atoms with Gasteiger partial charge >= 0.3 is 6.09 Å². The quantitative estimate of drug-likeness (QED) is 0.832. The summed E-state index contributed by atoms with van der Waals surface area (Å²) in [6, 6.07) is -0.842. The third-order valence-corrected chi connectivity index (χ3v) is 4.68. The number of likely N-dealkylation sites (tertiary alicyclic amines) is 1. The molecule has 128 valence electrons. The number of nitrogens with one attached hydrogen (secondary N) is 1. The second kappa shape index (κ2) is 6.90. The smallest absolute Gasteiger partial charge is 0.407 e. The van der Waals surface area contributed by atoms with Crippen LogP contribution < -0.4 is 0 Å². The first-order valence-corrected chi connectivity index (χ1v) is 8.48. The number of hydrogen-bond donors (Lipinski definition) is 2. The summed E-state index contributed by atoms with van der Waals surface area (Å²) in [5, 5.41) is 9.26. The second-order valence-electron chi connectivity index (χ2n) is 6.55. The van der Waals surface area contributed by atoms with Gasteiger partial charge in [0, 0.05) is 13.6 Å². The predicted molar refractivity (Wildman–Crippen MR) is 88.9 cm³/mol. The van der Waals surface area contributed by atoms with E-state index in [0.29, 0.717) is 12.5 Å². The molecule has 23 heavy (non-hydrogen) atoms. The van der Waals surface area contributed by atoms with Gasteiger partial charge in [-0.1, -0.05) is 20.8 Å². The highest BCUT2D eigenvalue weighted by Crippen LogP contribution is 2.35. The Kier molecular flexibility index (Phi) is 5.33. The number of carboxylic acid groups (broad SMARTS) is 1. The van der Waals surface area contributed by atoms with E-state index < -0.39 is 12.1 Å². The van der Waals surface area contributed by atoms with Gasteiger partial charge in [-0.05, 0) is 34.2 Å². The summed E-state index contributed by atoms with van der Waals surface area (Å²) in [4.78, 5) is 34.7. The number of rotatable bonds is 4. The summed E-state index contributed by atoms with van der Waals surface area (Å²) in [5.41, 5.74) is 0. The molecule has 2 amide bonds. The van der Waals surface area contributed by atoms with Crippen LogP contribution in [0.25, 0.3) is 0 Å². The van der Waals surface area contributed by atoms with Crippen LogP contribution in [0, 0.1) is 11.8 Å². The average Bonchev–Trinajstić information content (AvgIpc) is 3.04. The number of aromatic nitrogens is 2. The van der Waals surface area contributed by atoms with Gasteiger partial charge in [0.25, 0.3) is 0 Å². The molecule has 0 radical (unpaired) electrons. The standard InChI is InChI=1S/C15H23BrN4O3/c1-8(2)12(19(4)15(22)23)14(21)20-7-9(3)5-10(20)13-17-6-11(16)18-13/h6,8-10,12H,5,7H2,1-4H3,(H,17,18)(H,22,23)/t9-,10-,12-/m0/s1. The molecule has 0 spiro atoms. The fourth-order valence-electron chi connectivity index (χ4n) is 3.22. The number of nitrogens with zero attached hydrogens (tertiary/aromatic N) is 3. The van der Waals surface area contributed by atoms with Gasteiger partial charge in [0.05, 0.1) is 12.2 Å². The fourth-order valence-corrected chi connectivity index (χ4v) is 3.52. The first-order chi connectivity index (χ1) is 10.7. The van der Waals surface area contributed by atoms with Gasteiger partial charge < -0.3 is 15.0 Å². The van der Waals surface area contributed by atoms with E-state index in [1.807, 2.05) is 13.8 Å². The largest absolute Gasteiger partial charge is 0.465 e. The average molecular weight is 387 g/mol. The number of likely N-dealkylation sites (N-methyl/N-ethyl adjacent to an activating group) is 1. The van der Waals surface area contributed by atoms with Crippen LogP contribution in [0.1, 0.15) is 39.1 Å². The van der Waals surface area contributed by atoms with Gasteiger partial charge in [0.2, 0.25) is 5.91 Å². The van der Waals surface area contributed by atoms with Crippen molar-refractivity contribution in [3.8, 4) is 0 Å². The van der Waals surface area contributed by atoms with Gasteiger partial charge in [0.15, 0.2) is 0 Å². The zero-order valence-electron chi connectivity index (χ0n) is 13.8. The lowest BCUT2D eigenvalue weighted by atomic mass is 10.0. The molecule has 0 bridgehead atoms. The third kappa shape index (κ3) is 3.68. The Bertz CT molecular complexity index is 589. The Morgan fingerprint density at radius 2 is 2.17 bits per heavy atom. The second-order valence-corrected chi connectivity index (χ2v) is 7.40. The zero-order chi connectivity index (χ0) is 17.3. The molecule has 0 aliphatic carbocycles. The molecule has 1 aliphatic rings. The van der Waals surface area contributed by atoms with Gasteiger partial charge in [-0.2, -0.15) is 0 Å². The normalized spacial score (nSPS) is 22.4. The molecular weight excluding hydrogens is 364 g/mol. The Labute approximate surface area is 144 Å². The lowest BCUT2D eigenvalue weighted by Crippen LogP contribution is -2.51. The van der Waals surface area contributed by atoms with E-state index in [-0.39, 0.29) is 17.9 Å². The maximum absolute atomic E-state index is 13.0. The van der Waals surface area contributed by atoms with E-state index in [9.17, 15) is 14.7 Å². The van der Waals surface area contributed by atoms with E-state index in [4.69, 9.17) is 0 Å². The molecule has 1 aromatic rings. The Balaban J connectivity index is 2.29. The number of carbonyl (C=O) groups is 2. The molecule has 0 saturated carbocycles. The summed E-state index contributed by atoms with van der Waals surface area (Å²) < 4.78 is 0.766. The van der Waals surface area contributed by atoms with Crippen molar-refractivity contribution < 1.29 is 14.7 Å². The summed E-state index contributed by atoms with van der Waals surface area (Å²) in [7, 11) is 1.45. The predicted octanol–water partition coefficient (Wildman–Crippen LogP) is 2.72. The molecule has 2 heterocycles. The van der Waals surface area contributed by atoms with Gasteiger partial charge in [-0.15, -0.1) is 0 Å². The summed E-state index contributed by atoms with van der Waals surface area (Å²) in [6.45, 7) is 6.42. The van der Waals surface area contributed by atoms with E-state index in [0.717, 1.165) is 21.7 Å². The molecular formula is C15H23BrN4O3. The minimum Gasteiger partial charge on any atom is -0.465 e. The van der Waals surface area contributed by atoms with Crippen molar-refractivity contribution in [2.45, 2.75) is 39.3 Å². The molecule has 0 aromatic carbocycles. The summed E-state index contributed by atoms with van der Waals surface area (Å²) in [6.07, 6.45) is 1.39. The summed E-state index contributed by atoms with van der Waals surface area (Å²) in [5.74, 6) is 0.807. The molecule has 2 N–H and O–H groups in total. The van der Waals surface area contributed by atoms with Crippen LogP contribution in [-0.4, -0.2) is 56.5 Å². The minimum absolute atomic E-state index is 0.108. The lowest BCUT2D eigenvalue weighted by Gasteiger charge is -2.33. The molecule has 3 atom stereocenters. The highest BCUT2D eigenvalue weighted by atomic mass is 79.9. The third-order valence-electron chi connectivity index (χ3n) is 4.28. The number of halogens is 1. The molecule has 1 aromatic heterocycles. The van der Waals surface area contributed by atoms with Crippen LogP contribution in [-0.2, 0) is 4.79 Å². The van der Waals surface area contributed by atoms with Crippen molar-refractivity contribution in [2.24, 2.45) is 11.8 Å². The van der Waals surface area contributed by atoms with Gasteiger partial charge in [0.1, 0.15) is 16.5 Å². The summed E-state index contributed by atoms with van der Waals surface area (Å²) >= 11 is 3.34. The number of carbonyl (C=O) groups excluding carboxylic acids is 1. The van der Waals surface area contributed by atoms with E-state index >= 15 is 0 Å². The molecule has 1 saturated heterocycles. The molecule has 2 rings (SSSR count). The SMILES string of the molecule is CC(C)[C@@H](C(=O)N1C[C@@H](C)C[C@H]1c1ncc(Br)[nH]1)N(C)C(=O)O. The molecule has 0 unspecified atom stereocenters. The fraction of sp³-hybridized carbons (Fsp3) is 0.667. The van der Waals surface area contributed by atoms with Crippen molar-refractivity contribution in [3.63, 3.8) is 0 Å². The highest BCUT2D eigenvalue weighted by Gasteiger charge is 2.41. The van der Waals surface area contributed by atoms with E-state index in [1.54, 1.807) is 11.1 Å². The van der Waals surface area contributed by atoms with Crippen LogP contribution >= 0.6 is 15.9 Å². The topological polar surface area (TPSA) is 89.5 Å². The van der Waals surface area contributed by atoms with Crippen molar-refractivity contribution in [2.75, 3.05) is 13.6 Å². The van der Waals surface area contributed by atoms with Crippen molar-refractivity contribution in [3.05, 3.63) is 16.6 Å². The number of H-pyrrole nitrogens is 1. The minimum atomic E-state index is -1.10. The maximum Gasteiger partial charge on any atom is 0.407 e. The first-order valence-electron chi connectivity index (χ1n) is 7.69. The molecule has 7 nitrogen and oxygen atoms in total. The van der Waals surface area contributed by atoms with Crippen LogP contribution in [0.5, 0.6) is 0 Å². The number of imidazole rings is 1. The number of amides is 2. The Hall–Kier alpha value is -1.57. The van der Waals surface area contributed by atoms with Crippen molar-refractivity contribution in [1.29, 1.82) is 0 Å². The van der Waals surface area contributed by atoms with Gasteiger partial charge in [-0.25, -0.2) is 9.78 Å². The zero-order valence-corrected chi connectivity index (χ0v) is 15.4. The monoisotopic (exact) mass is 386 g/mol. The lowest BCUT2D eigenvalue weighted by molar-refractivity contribution is -0.138.